The largest absolute Gasteiger partial charge is 0.324 e. The van der Waals surface area contributed by atoms with Gasteiger partial charge in [-0.1, -0.05) is 12.8 Å². The van der Waals surface area contributed by atoms with Crippen molar-refractivity contribution in [1.82, 2.24) is 0 Å². The molecule has 0 saturated heterocycles. The van der Waals surface area contributed by atoms with Crippen LogP contribution in [0.3, 0.4) is 0 Å². The average molecular weight is 290 g/mol. The van der Waals surface area contributed by atoms with Gasteiger partial charge >= 0.3 is 0 Å². The first kappa shape index (κ1) is 14.0. The molecule has 3 rings (SSSR count). The van der Waals surface area contributed by atoms with Crippen LogP contribution in [0, 0.1) is 0 Å². The highest BCUT2D eigenvalue weighted by atomic mass is 32.2. The molecule has 0 unspecified atom stereocenters. The van der Waals surface area contributed by atoms with E-state index in [1.54, 1.807) is 0 Å². The number of anilines is 1. The van der Waals surface area contributed by atoms with Crippen LogP contribution in [-0.2, 0) is 4.79 Å². The smallest absolute Gasteiger partial charge is 0.244 e. The van der Waals surface area contributed by atoms with Crippen LogP contribution in [-0.4, -0.2) is 16.7 Å². The first-order valence-electron chi connectivity index (χ1n) is 7.53. The number of carbonyl (C=O) groups is 1. The zero-order chi connectivity index (χ0) is 14.0. The highest BCUT2D eigenvalue weighted by Crippen LogP contribution is 2.35. The van der Waals surface area contributed by atoms with Gasteiger partial charge in [-0.2, -0.15) is 0 Å². The molecule has 2 aliphatic rings. The van der Waals surface area contributed by atoms with Crippen molar-refractivity contribution >= 4 is 23.4 Å². The summed E-state index contributed by atoms with van der Waals surface area (Å²) in [6, 6.07) is 8.17. The molecule has 1 amide bonds. The average Bonchev–Trinajstić information content (AvgIpc) is 2.91. The molecule has 3 nitrogen and oxygen atoms in total. The maximum Gasteiger partial charge on any atom is 0.244 e. The van der Waals surface area contributed by atoms with Gasteiger partial charge in [-0.3, -0.25) is 4.79 Å². The molecular formula is C16H22N2OS. The Morgan fingerprint density at radius 1 is 1.15 bits per heavy atom. The maximum absolute atomic E-state index is 12.0. The minimum atomic E-state index is -0.628. The molecule has 0 atom stereocenters. The molecule has 1 aromatic carbocycles. The summed E-state index contributed by atoms with van der Waals surface area (Å²) >= 11 is 1.96. The Balaban J connectivity index is 1.56. The number of hydrogen-bond donors (Lipinski definition) is 2. The number of hydrogen-bond acceptors (Lipinski definition) is 3. The van der Waals surface area contributed by atoms with E-state index in [0.29, 0.717) is 0 Å². The van der Waals surface area contributed by atoms with Crippen LogP contribution in [0.1, 0.15) is 44.9 Å². The molecule has 0 aromatic heterocycles. The summed E-state index contributed by atoms with van der Waals surface area (Å²) in [6.07, 6.45) is 8.05. The summed E-state index contributed by atoms with van der Waals surface area (Å²) < 4.78 is 0. The Labute approximate surface area is 124 Å². The molecule has 2 aliphatic carbocycles. The van der Waals surface area contributed by atoms with Crippen molar-refractivity contribution in [2.24, 2.45) is 5.73 Å². The Bertz CT molecular complexity index is 476. The third-order valence-corrected chi connectivity index (χ3v) is 5.76. The zero-order valence-electron chi connectivity index (χ0n) is 11.7. The van der Waals surface area contributed by atoms with E-state index < -0.39 is 5.54 Å². The van der Waals surface area contributed by atoms with Crippen LogP contribution in [0.15, 0.2) is 29.2 Å². The summed E-state index contributed by atoms with van der Waals surface area (Å²) in [5, 5.41) is 3.71. The van der Waals surface area contributed by atoms with Gasteiger partial charge in [-0.15, -0.1) is 11.8 Å². The quantitative estimate of drug-likeness (QED) is 0.891. The van der Waals surface area contributed by atoms with Crippen molar-refractivity contribution in [2.45, 2.75) is 60.6 Å². The highest BCUT2D eigenvalue weighted by molar-refractivity contribution is 8.00. The van der Waals surface area contributed by atoms with Crippen molar-refractivity contribution in [1.29, 1.82) is 0 Å². The predicted octanol–water partition coefficient (Wildman–Crippen LogP) is 3.54. The van der Waals surface area contributed by atoms with E-state index in [0.717, 1.165) is 30.2 Å². The summed E-state index contributed by atoms with van der Waals surface area (Å²) in [4.78, 5) is 13.3. The van der Waals surface area contributed by atoms with Gasteiger partial charge in [-0.25, -0.2) is 0 Å². The number of benzene rings is 1. The summed E-state index contributed by atoms with van der Waals surface area (Å²) in [5.74, 6) is -0.0417. The lowest BCUT2D eigenvalue weighted by Gasteiger charge is -2.36. The van der Waals surface area contributed by atoms with Crippen molar-refractivity contribution in [2.75, 3.05) is 5.32 Å². The van der Waals surface area contributed by atoms with Gasteiger partial charge in [-0.05, 0) is 56.4 Å². The second-order valence-electron chi connectivity index (χ2n) is 6.01. The fourth-order valence-corrected chi connectivity index (χ4v) is 4.10. The number of nitrogens with one attached hydrogen (secondary N) is 1. The minimum Gasteiger partial charge on any atom is -0.324 e. The molecule has 20 heavy (non-hydrogen) atoms. The summed E-state index contributed by atoms with van der Waals surface area (Å²) in [6.45, 7) is 0. The molecule has 0 heterocycles. The van der Waals surface area contributed by atoms with Gasteiger partial charge in [0.25, 0.3) is 0 Å². The second-order valence-corrected chi connectivity index (χ2v) is 7.39. The Morgan fingerprint density at radius 3 is 2.35 bits per heavy atom. The van der Waals surface area contributed by atoms with E-state index >= 15 is 0 Å². The standard InChI is InChI=1S/C16H22N2OS/c17-16(10-3-11-16)15(19)18-12-6-8-14(9-7-12)20-13-4-1-2-5-13/h6-9,13H,1-5,10-11,17H2,(H,18,19). The number of amides is 1. The lowest BCUT2D eigenvalue weighted by atomic mass is 9.77. The highest BCUT2D eigenvalue weighted by Gasteiger charge is 2.40. The number of nitrogens with two attached hydrogens (primary N) is 1. The lowest BCUT2D eigenvalue weighted by molar-refractivity contribution is -0.123. The van der Waals surface area contributed by atoms with Crippen LogP contribution in [0.4, 0.5) is 5.69 Å². The third-order valence-electron chi connectivity index (χ3n) is 4.42. The monoisotopic (exact) mass is 290 g/mol. The fourth-order valence-electron chi connectivity index (χ4n) is 2.86. The summed E-state index contributed by atoms with van der Waals surface area (Å²) in [5.41, 5.74) is 6.24. The van der Waals surface area contributed by atoms with Gasteiger partial charge < -0.3 is 11.1 Å². The van der Waals surface area contributed by atoms with Crippen LogP contribution >= 0.6 is 11.8 Å². The molecule has 2 fully saturated rings. The Hall–Kier alpha value is -1.00. The molecule has 0 radical (unpaired) electrons. The van der Waals surface area contributed by atoms with Crippen molar-refractivity contribution in [3.05, 3.63) is 24.3 Å². The van der Waals surface area contributed by atoms with E-state index in [1.165, 1.54) is 30.6 Å². The van der Waals surface area contributed by atoms with Gasteiger partial charge in [0.2, 0.25) is 5.91 Å². The van der Waals surface area contributed by atoms with E-state index in [1.807, 2.05) is 23.9 Å². The summed E-state index contributed by atoms with van der Waals surface area (Å²) in [7, 11) is 0. The maximum atomic E-state index is 12.0. The normalized spacial score (nSPS) is 21.4. The molecule has 0 spiro atoms. The van der Waals surface area contributed by atoms with Crippen molar-refractivity contribution in [3.8, 4) is 0 Å². The van der Waals surface area contributed by atoms with Crippen LogP contribution in [0.5, 0.6) is 0 Å². The molecular weight excluding hydrogens is 268 g/mol. The Kier molecular flexibility index (Phi) is 4.03. The van der Waals surface area contributed by atoms with Crippen molar-refractivity contribution < 1.29 is 4.79 Å². The van der Waals surface area contributed by atoms with Crippen LogP contribution in [0.2, 0.25) is 0 Å². The zero-order valence-corrected chi connectivity index (χ0v) is 12.5. The van der Waals surface area contributed by atoms with E-state index in [4.69, 9.17) is 5.73 Å². The van der Waals surface area contributed by atoms with Gasteiger partial charge in [0, 0.05) is 15.8 Å². The first-order chi connectivity index (χ1) is 9.66. The lowest BCUT2D eigenvalue weighted by Crippen LogP contribution is -2.56. The molecule has 0 bridgehead atoms. The van der Waals surface area contributed by atoms with Gasteiger partial charge in [0.05, 0.1) is 5.54 Å². The van der Waals surface area contributed by atoms with Crippen molar-refractivity contribution in [3.63, 3.8) is 0 Å². The third kappa shape index (κ3) is 3.01. The van der Waals surface area contributed by atoms with Crippen LogP contribution < -0.4 is 11.1 Å². The molecule has 0 aliphatic heterocycles. The number of rotatable bonds is 4. The molecule has 108 valence electrons. The fraction of sp³-hybridized carbons (Fsp3) is 0.562. The second kappa shape index (κ2) is 5.78. The van der Waals surface area contributed by atoms with E-state index in [2.05, 4.69) is 17.4 Å². The topological polar surface area (TPSA) is 55.1 Å². The molecule has 3 N–H and O–H groups in total. The Morgan fingerprint density at radius 2 is 1.80 bits per heavy atom. The van der Waals surface area contributed by atoms with E-state index in [9.17, 15) is 4.79 Å². The minimum absolute atomic E-state index is 0.0417. The number of carbonyl (C=O) groups excluding carboxylic acids is 1. The predicted molar refractivity (Wildman–Crippen MR) is 84.0 cm³/mol. The molecule has 1 aromatic rings. The first-order valence-corrected chi connectivity index (χ1v) is 8.41. The SMILES string of the molecule is NC1(C(=O)Nc2ccc(SC3CCCC3)cc2)CCC1. The molecule has 4 heteroatoms. The van der Waals surface area contributed by atoms with Crippen LogP contribution in [0.25, 0.3) is 0 Å². The number of thioether (sulfide) groups is 1. The van der Waals surface area contributed by atoms with Gasteiger partial charge in [0.15, 0.2) is 0 Å². The van der Waals surface area contributed by atoms with E-state index in [-0.39, 0.29) is 5.91 Å². The van der Waals surface area contributed by atoms with Gasteiger partial charge in [0.1, 0.15) is 0 Å². The molecule has 2 saturated carbocycles.